The molecule has 0 aromatic carbocycles. The van der Waals surface area contributed by atoms with Crippen LogP contribution in [0.15, 0.2) is 0 Å². The van der Waals surface area contributed by atoms with Gasteiger partial charge in [-0.3, -0.25) is 4.79 Å². The highest BCUT2D eigenvalue weighted by atomic mass is 16.2. The van der Waals surface area contributed by atoms with Crippen molar-refractivity contribution < 1.29 is 9.59 Å². The summed E-state index contributed by atoms with van der Waals surface area (Å²) in [7, 11) is 0. The standard InChI is InChI=1S/C15H30N4O2/c1-6-18(7-2)9-8-16-14(21)17-12-10-13(20)19(11-12)15(3,4)5/h12H,6-11H2,1-5H3,(H2,16,17,21). The van der Waals surface area contributed by atoms with Gasteiger partial charge in [0.05, 0.1) is 6.04 Å². The second kappa shape index (κ2) is 7.64. The van der Waals surface area contributed by atoms with E-state index in [9.17, 15) is 9.59 Å². The Morgan fingerprint density at radius 2 is 1.95 bits per heavy atom. The Morgan fingerprint density at radius 1 is 1.33 bits per heavy atom. The van der Waals surface area contributed by atoms with E-state index in [-0.39, 0.29) is 23.5 Å². The number of hydrogen-bond acceptors (Lipinski definition) is 3. The monoisotopic (exact) mass is 298 g/mol. The molecule has 0 bridgehead atoms. The molecule has 1 aliphatic rings. The third-order valence-electron chi connectivity index (χ3n) is 3.88. The van der Waals surface area contributed by atoms with Crippen LogP contribution in [-0.2, 0) is 4.79 Å². The number of amides is 3. The topological polar surface area (TPSA) is 64.7 Å². The predicted molar refractivity (Wildman–Crippen MR) is 84.2 cm³/mol. The van der Waals surface area contributed by atoms with E-state index in [1.807, 2.05) is 25.7 Å². The van der Waals surface area contributed by atoms with Crippen molar-refractivity contribution >= 4 is 11.9 Å². The van der Waals surface area contributed by atoms with Gasteiger partial charge in [0.25, 0.3) is 0 Å². The van der Waals surface area contributed by atoms with E-state index in [0.717, 1.165) is 19.6 Å². The molecule has 122 valence electrons. The van der Waals surface area contributed by atoms with E-state index >= 15 is 0 Å². The van der Waals surface area contributed by atoms with E-state index < -0.39 is 0 Å². The lowest BCUT2D eigenvalue weighted by molar-refractivity contribution is -0.131. The van der Waals surface area contributed by atoms with Crippen LogP contribution in [0.4, 0.5) is 4.79 Å². The van der Waals surface area contributed by atoms with Crippen molar-refractivity contribution in [3.8, 4) is 0 Å². The van der Waals surface area contributed by atoms with Crippen LogP contribution in [0, 0.1) is 0 Å². The number of nitrogens with one attached hydrogen (secondary N) is 2. The van der Waals surface area contributed by atoms with Crippen LogP contribution in [0.3, 0.4) is 0 Å². The molecule has 0 saturated carbocycles. The Kier molecular flexibility index (Phi) is 6.45. The summed E-state index contributed by atoms with van der Waals surface area (Å²) in [6.45, 7) is 14.3. The van der Waals surface area contributed by atoms with Crippen molar-refractivity contribution in [3.05, 3.63) is 0 Å². The Morgan fingerprint density at radius 3 is 2.43 bits per heavy atom. The molecule has 1 fully saturated rings. The molecule has 1 atom stereocenters. The molecule has 1 heterocycles. The molecule has 0 aromatic rings. The fourth-order valence-corrected chi connectivity index (χ4v) is 2.56. The van der Waals surface area contributed by atoms with Crippen molar-refractivity contribution in [2.24, 2.45) is 0 Å². The fourth-order valence-electron chi connectivity index (χ4n) is 2.56. The molecule has 21 heavy (non-hydrogen) atoms. The summed E-state index contributed by atoms with van der Waals surface area (Å²) in [5.41, 5.74) is -0.188. The number of carbonyl (C=O) groups excluding carboxylic acids is 2. The highest BCUT2D eigenvalue weighted by molar-refractivity contribution is 5.82. The largest absolute Gasteiger partial charge is 0.337 e. The molecule has 0 radical (unpaired) electrons. The van der Waals surface area contributed by atoms with E-state index in [0.29, 0.717) is 19.5 Å². The van der Waals surface area contributed by atoms with Crippen molar-refractivity contribution in [3.63, 3.8) is 0 Å². The molecule has 1 unspecified atom stereocenters. The number of carbonyl (C=O) groups is 2. The number of hydrogen-bond donors (Lipinski definition) is 2. The first-order chi connectivity index (χ1) is 9.77. The average Bonchev–Trinajstić information content (AvgIpc) is 2.75. The third kappa shape index (κ3) is 5.53. The molecule has 2 N–H and O–H groups in total. The van der Waals surface area contributed by atoms with Crippen LogP contribution in [-0.4, -0.2) is 66.0 Å². The first-order valence-electron chi connectivity index (χ1n) is 7.85. The Bertz CT molecular complexity index is 361. The highest BCUT2D eigenvalue weighted by Crippen LogP contribution is 2.21. The molecular weight excluding hydrogens is 268 g/mol. The first-order valence-corrected chi connectivity index (χ1v) is 7.85. The maximum absolute atomic E-state index is 11.9. The van der Waals surface area contributed by atoms with Gasteiger partial charge in [-0.25, -0.2) is 4.79 Å². The van der Waals surface area contributed by atoms with Gasteiger partial charge in [-0.15, -0.1) is 0 Å². The molecule has 6 heteroatoms. The lowest BCUT2D eigenvalue weighted by Crippen LogP contribution is -2.47. The Balaban J connectivity index is 2.32. The molecule has 1 saturated heterocycles. The quantitative estimate of drug-likeness (QED) is 0.770. The molecule has 1 rings (SSSR count). The molecular formula is C15H30N4O2. The number of urea groups is 1. The van der Waals surface area contributed by atoms with E-state index in [2.05, 4.69) is 29.4 Å². The molecule has 0 aromatic heterocycles. The maximum Gasteiger partial charge on any atom is 0.315 e. The normalized spacial score (nSPS) is 19.2. The second-order valence-electron chi connectivity index (χ2n) is 6.50. The van der Waals surface area contributed by atoms with E-state index in [1.54, 1.807) is 0 Å². The molecule has 6 nitrogen and oxygen atoms in total. The Labute approximate surface area is 128 Å². The number of likely N-dealkylation sites (tertiary alicyclic amines) is 1. The predicted octanol–water partition coefficient (Wildman–Crippen LogP) is 1.03. The van der Waals surface area contributed by atoms with Gasteiger partial charge in [-0.05, 0) is 33.9 Å². The Hall–Kier alpha value is -1.30. The summed E-state index contributed by atoms with van der Waals surface area (Å²) in [6, 6.07) is -0.277. The minimum Gasteiger partial charge on any atom is -0.337 e. The van der Waals surface area contributed by atoms with Gasteiger partial charge in [0.1, 0.15) is 0 Å². The van der Waals surface area contributed by atoms with Gasteiger partial charge < -0.3 is 20.4 Å². The second-order valence-corrected chi connectivity index (χ2v) is 6.50. The lowest BCUT2D eigenvalue weighted by Gasteiger charge is -2.32. The molecule has 0 spiro atoms. The van der Waals surface area contributed by atoms with Gasteiger partial charge in [-0.1, -0.05) is 13.8 Å². The van der Waals surface area contributed by atoms with Gasteiger partial charge in [0.2, 0.25) is 5.91 Å². The van der Waals surface area contributed by atoms with Crippen molar-refractivity contribution in [2.45, 2.75) is 52.6 Å². The fraction of sp³-hybridized carbons (Fsp3) is 0.867. The lowest BCUT2D eigenvalue weighted by atomic mass is 10.1. The highest BCUT2D eigenvalue weighted by Gasteiger charge is 2.36. The van der Waals surface area contributed by atoms with Crippen LogP contribution >= 0.6 is 0 Å². The molecule has 3 amide bonds. The van der Waals surface area contributed by atoms with Crippen LogP contribution in [0.25, 0.3) is 0 Å². The minimum atomic E-state index is -0.188. The summed E-state index contributed by atoms with van der Waals surface area (Å²) in [5, 5.41) is 5.75. The zero-order valence-electron chi connectivity index (χ0n) is 14.0. The van der Waals surface area contributed by atoms with Crippen LogP contribution in [0.1, 0.15) is 41.0 Å². The first kappa shape index (κ1) is 17.8. The number of likely N-dealkylation sites (N-methyl/N-ethyl adjacent to an activating group) is 1. The van der Waals surface area contributed by atoms with Crippen LogP contribution < -0.4 is 10.6 Å². The van der Waals surface area contributed by atoms with Gasteiger partial charge >= 0.3 is 6.03 Å². The van der Waals surface area contributed by atoms with E-state index in [1.165, 1.54) is 0 Å². The number of rotatable bonds is 6. The molecule has 1 aliphatic heterocycles. The third-order valence-corrected chi connectivity index (χ3v) is 3.88. The van der Waals surface area contributed by atoms with Gasteiger partial charge in [-0.2, -0.15) is 0 Å². The molecule has 0 aliphatic carbocycles. The minimum absolute atomic E-state index is 0.0924. The summed E-state index contributed by atoms with van der Waals surface area (Å²) in [5.74, 6) is 0.107. The summed E-state index contributed by atoms with van der Waals surface area (Å²) in [6.07, 6.45) is 0.390. The summed E-state index contributed by atoms with van der Waals surface area (Å²) < 4.78 is 0. The number of nitrogens with zero attached hydrogens (tertiary/aromatic N) is 2. The van der Waals surface area contributed by atoms with E-state index in [4.69, 9.17) is 0 Å². The average molecular weight is 298 g/mol. The van der Waals surface area contributed by atoms with Crippen molar-refractivity contribution in [1.82, 2.24) is 20.4 Å². The zero-order valence-corrected chi connectivity index (χ0v) is 14.0. The summed E-state index contributed by atoms with van der Waals surface area (Å²) in [4.78, 5) is 27.9. The van der Waals surface area contributed by atoms with Crippen molar-refractivity contribution in [1.29, 1.82) is 0 Å². The summed E-state index contributed by atoms with van der Waals surface area (Å²) >= 11 is 0. The SMILES string of the molecule is CCN(CC)CCNC(=O)NC1CC(=O)N(C(C)(C)C)C1. The maximum atomic E-state index is 11.9. The zero-order chi connectivity index (χ0) is 16.0. The van der Waals surface area contributed by atoms with Gasteiger partial charge in [0, 0.05) is 31.6 Å². The van der Waals surface area contributed by atoms with Crippen molar-refractivity contribution in [2.75, 3.05) is 32.7 Å². The van der Waals surface area contributed by atoms with Crippen LogP contribution in [0.2, 0.25) is 0 Å². The van der Waals surface area contributed by atoms with Crippen LogP contribution in [0.5, 0.6) is 0 Å². The van der Waals surface area contributed by atoms with Gasteiger partial charge in [0.15, 0.2) is 0 Å². The smallest absolute Gasteiger partial charge is 0.315 e.